The number of aromatic nitrogens is 1. The Morgan fingerprint density at radius 3 is 2.72 bits per heavy atom. The van der Waals surface area contributed by atoms with Gasteiger partial charge in [0.25, 0.3) is 0 Å². The molecule has 18 heavy (non-hydrogen) atoms. The van der Waals surface area contributed by atoms with E-state index in [-0.39, 0.29) is 5.78 Å². The van der Waals surface area contributed by atoms with E-state index in [1.54, 1.807) is 4.57 Å². The van der Waals surface area contributed by atoms with Crippen LogP contribution in [0.4, 0.5) is 0 Å². The van der Waals surface area contributed by atoms with Crippen LogP contribution in [0.15, 0.2) is 36.5 Å². The Hall–Kier alpha value is -2.16. The molecule has 2 rings (SSSR count). The maximum absolute atomic E-state index is 11.1. The third-order valence-corrected chi connectivity index (χ3v) is 2.92. The summed E-state index contributed by atoms with van der Waals surface area (Å²) in [6, 6.07) is 8.09. The van der Waals surface area contributed by atoms with Crippen LogP contribution in [0.3, 0.4) is 0 Å². The average Bonchev–Trinajstić information content (AvgIpc) is 2.78. The predicted octanol–water partition coefficient (Wildman–Crippen LogP) is 2.83. The number of nitrogens with zero attached hydrogens (tertiary/aromatic N) is 1. The molecule has 0 amide bonds. The number of aryl methyl sites for hydroxylation is 1. The Labute approximate surface area is 106 Å². The van der Waals surface area contributed by atoms with Crippen LogP contribution in [-0.2, 0) is 16.0 Å². The molecule has 1 aromatic heterocycles. The molecule has 1 heterocycles. The van der Waals surface area contributed by atoms with E-state index in [2.05, 4.69) is 13.0 Å². The monoisotopic (exact) mass is 241 g/mol. The lowest BCUT2D eigenvalue weighted by Crippen LogP contribution is -1.99. The van der Waals surface area contributed by atoms with Gasteiger partial charge in [0, 0.05) is 12.3 Å². The van der Waals surface area contributed by atoms with Crippen molar-refractivity contribution in [1.82, 2.24) is 4.57 Å². The van der Waals surface area contributed by atoms with Crippen molar-refractivity contribution in [2.24, 2.45) is 0 Å². The minimum absolute atomic E-state index is 0.134. The second-order valence-corrected chi connectivity index (χ2v) is 4.23. The fourth-order valence-electron chi connectivity index (χ4n) is 1.99. The van der Waals surface area contributed by atoms with Gasteiger partial charge in [-0.1, -0.05) is 19.1 Å². The van der Waals surface area contributed by atoms with Gasteiger partial charge in [-0.25, -0.2) is 0 Å². The molecule has 0 fully saturated rings. The van der Waals surface area contributed by atoms with Crippen LogP contribution in [0.1, 0.15) is 19.4 Å². The molecule has 1 aromatic carbocycles. The van der Waals surface area contributed by atoms with Gasteiger partial charge in [-0.15, -0.1) is 0 Å². The van der Waals surface area contributed by atoms with E-state index in [9.17, 15) is 9.59 Å². The molecule has 0 spiro atoms. The maximum Gasteiger partial charge on any atom is 0.166 e. The van der Waals surface area contributed by atoms with Crippen LogP contribution in [0, 0.1) is 0 Å². The number of benzene rings is 1. The molecule has 0 unspecified atom stereocenters. The highest BCUT2D eigenvalue weighted by molar-refractivity contribution is 6.09. The molecular formula is C15H15NO2. The van der Waals surface area contributed by atoms with E-state index >= 15 is 0 Å². The van der Waals surface area contributed by atoms with Crippen LogP contribution in [0.25, 0.3) is 16.6 Å². The zero-order chi connectivity index (χ0) is 13.1. The van der Waals surface area contributed by atoms with E-state index in [0.717, 1.165) is 17.3 Å². The third kappa shape index (κ3) is 2.25. The van der Waals surface area contributed by atoms with Gasteiger partial charge >= 0.3 is 0 Å². The highest BCUT2D eigenvalue weighted by Gasteiger charge is 2.06. The maximum atomic E-state index is 11.1. The summed E-state index contributed by atoms with van der Waals surface area (Å²) in [6.07, 6.45) is 4.81. The zero-order valence-corrected chi connectivity index (χ0v) is 10.5. The molecule has 92 valence electrons. The summed E-state index contributed by atoms with van der Waals surface area (Å²) < 4.78 is 1.75. The first-order valence-corrected chi connectivity index (χ1v) is 5.93. The van der Waals surface area contributed by atoms with Crippen molar-refractivity contribution in [2.75, 3.05) is 0 Å². The minimum atomic E-state index is -0.134. The topological polar surface area (TPSA) is 39.1 Å². The second kappa shape index (κ2) is 5.00. The lowest BCUT2D eigenvalue weighted by atomic mass is 10.1. The summed E-state index contributed by atoms with van der Waals surface area (Å²) in [5, 5.41) is 1.06. The predicted molar refractivity (Wildman–Crippen MR) is 72.3 cm³/mol. The number of ketones is 1. The van der Waals surface area contributed by atoms with E-state index < -0.39 is 0 Å². The van der Waals surface area contributed by atoms with Crippen molar-refractivity contribution >= 4 is 28.7 Å². The standard InChI is InChI=1S/C15H15NO2/c1-3-12-4-5-13-6-7-16(15(13)9-12)14(10-17)8-11(2)18/h4-10H,3H2,1-2H3/b14-8+. The van der Waals surface area contributed by atoms with Crippen molar-refractivity contribution in [2.45, 2.75) is 20.3 Å². The first-order chi connectivity index (χ1) is 8.65. The number of carbonyl (C=O) groups excluding carboxylic acids is 2. The van der Waals surface area contributed by atoms with E-state index in [4.69, 9.17) is 0 Å². The molecule has 0 saturated heterocycles. The van der Waals surface area contributed by atoms with Gasteiger partial charge in [-0.3, -0.25) is 9.59 Å². The van der Waals surface area contributed by atoms with Crippen LogP contribution in [0.5, 0.6) is 0 Å². The Kier molecular flexibility index (Phi) is 3.42. The van der Waals surface area contributed by atoms with Crippen LogP contribution >= 0.6 is 0 Å². The normalized spacial score (nSPS) is 11.8. The zero-order valence-electron chi connectivity index (χ0n) is 10.5. The number of allylic oxidation sites excluding steroid dienone is 2. The van der Waals surface area contributed by atoms with Crippen molar-refractivity contribution in [3.63, 3.8) is 0 Å². The highest BCUT2D eigenvalue weighted by Crippen LogP contribution is 2.21. The molecule has 0 atom stereocenters. The third-order valence-electron chi connectivity index (χ3n) is 2.92. The molecule has 0 aliphatic rings. The minimum Gasteiger partial charge on any atom is -0.313 e. The van der Waals surface area contributed by atoms with Gasteiger partial charge in [0.2, 0.25) is 0 Å². The van der Waals surface area contributed by atoms with Gasteiger partial charge in [-0.2, -0.15) is 0 Å². The molecule has 0 aliphatic carbocycles. The van der Waals surface area contributed by atoms with Crippen molar-refractivity contribution in [3.05, 3.63) is 42.1 Å². The van der Waals surface area contributed by atoms with Crippen LogP contribution in [0.2, 0.25) is 0 Å². The van der Waals surface area contributed by atoms with Gasteiger partial charge in [0.1, 0.15) is 0 Å². The summed E-state index contributed by atoms with van der Waals surface area (Å²) in [6.45, 7) is 3.52. The lowest BCUT2D eigenvalue weighted by Gasteiger charge is -2.05. The Morgan fingerprint density at radius 2 is 2.11 bits per heavy atom. The van der Waals surface area contributed by atoms with Gasteiger partial charge in [-0.05, 0) is 36.4 Å². The van der Waals surface area contributed by atoms with Gasteiger partial charge < -0.3 is 4.57 Å². The van der Waals surface area contributed by atoms with E-state index in [1.807, 2.05) is 24.4 Å². The molecule has 0 bridgehead atoms. The largest absolute Gasteiger partial charge is 0.313 e. The fourth-order valence-corrected chi connectivity index (χ4v) is 1.99. The highest BCUT2D eigenvalue weighted by atomic mass is 16.1. The summed E-state index contributed by atoms with van der Waals surface area (Å²) in [4.78, 5) is 22.2. The Bertz CT molecular complexity index is 635. The number of fused-ring (bicyclic) bond motifs is 1. The van der Waals surface area contributed by atoms with Crippen molar-refractivity contribution in [3.8, 4) is 0 Å². The summed E-state index contributed by atoms with van der Waals surface area (Å²) in [5.41, 5.74) is 2.52. The lowest BCUT2D eigenvalue weighted by molar-refractivity contribution is -0.113. The van der Waals surface area contributed by atoms with E-state index in [0.29, 0.717) is 12.0 Å². The SMILES string of the molecule is CCc1ccc2ccn(/C(C=O)=C/C(C)=O)c2c1. The first kappa shape index (κ1) is 12.3. The second-order valence-electron chi connectivity index (χ2n) is 4.23. The molecule has 0 radical (unpaired) electrons. The van der Waals surface area contributed by atoms with E-state index in [1.165, 1.54) is 18.6 Å². The number of hydrogen-bond donors (Lipinski definition) is 0. The molecule has 3 heteroatoms. The molecule has 0 saturated carbocycles. The summed E-state index contributed by atoms with van der Waals surface area (Å²) >= 11 is 0. The molecule has 3 nitrogen and oxygen atoms in total. The van der Waals surface area contributed by atoms with Crippen LogP contribution in [-0.4, -0.2) is 16.6 Å². The molecular weight excluding hydrogens is 226 g/mol. The van der Waals surface area contributed by atoms with Gasteiger partial charge in [0.15, 0.2) is 12.1 Å². The summed E-state index contributed by atoms with van der Waals surface area (Å²) in [7, 11) is 0. The smallest absolute Gasteiger partial charge is 0.166 e. The van der Waals surface area contributed by atoms with Crippen LogP contribution < -0.4 is 0 Å². The number of aldehydes is 1. The van der Waals surface area contributed by atoms with Crippen molar-refractivity contribution < 1.29 is 9.59 Å². The molecule has 0 aliphatic heterocycles. The fraction of sp³-hybridized carbons (Fsp3) is 0.200. The average molecular weight is 241 g/mol. The number of hydrogen-bond acceptors (Lipinski definition) is 2. The Balaban J connectivity index is 2.63. The number of rotatable bonds is 4. The first-order valence-electron chi connectivity index (χ1n) is 5.93. The molecule has 0 N–H and O–H groups in total. The molecule has 2 aromatic rings. The quantitative estimate of drug-likeness (QED) is 0.610. The van der Waals surface area contributed by atoms with Crippen molar-refractivity contribution in [1.29, 1.82) is 0 Å². The Morgan fingerprint density at radius 1 is 1.33 bits per heavy atom. The van der Waals surface area contributed by atoms with Gasteiger partial charge in [0.05, 0.1) is 11.2 Å². The summed E-state index contributed by atoms with van der Waals surface area (Å²) in [5.74, 6) is -0.134. The number of carbonyl (C=O) groups is 2.